The van der Waals surface area contributed by atoms with Crippen molar-refractivity contribution in [2.75, 3.05) is 34.5 Å². The monoisotopic (exact) mass is 524 g/mol. The van der Waals surface area contributed by atoms with Crippen molar-refractivity contribution in [1.29, 1.82) is 0 Å². The van der Waals surface area contributed by atoms with Crippen molar-refractivity contribution < 1.29 is 19.0 Å². The third-order valence-corrected chi connectivity index (χ3v) is 5.95. The molecular weight excluding hydrogens is 503 g/mol. The minimum Gasteiger partial charge on any atom is -0.493 e. The SMILES string of the molecule is COCCN1C(=O)C(=Cc2cc(I)c(OC)c(OC)c2)SC1=Nc1ccccc1. The van der Waals surface area contributed by atoms with E-state index in [0.29, 0.717) is 34.7 Å². The van der Waals surface area contributed by atoms with E-state index in [1.54, 1.807) is 26.2 Å². The van der Waals surface area contributed by atoms with Gasteiger partial charge in [0.15, 0.2) is 16.7 Å². The van der Waals surface area contributed by atoms with Gasteiger partial charge in [0.2, 0.25) is 0 Å². The van der Waals surface area contributed by atoms with E-state index in [2.05, 4.69) is 27.6 Å². The molecule has 0 saturated carbocycles. The molecule has 1 heterocycles. The van der Waals surface area contributed by atoms with Gasteiger partial charge in [0.25, 0.3) is 5.91 Å². The first kappa shape index (κ1) is 21.7. The Morgan fingerprint density at radius 2 is 1.90 bits per heavy atom. The average molecular weight is 524 g/mol. The third-order valence-electron chi connectivity index (χ3n) is 4.14. The molecule has 152 valence electrons. The van der Waals surface area contributed by atoms with Crippen LogP contribution >= 0.6 is 34.4 Å². The zero-order valence-corrected chi connectivity index (χ0v) is 19.3. The summed E-state index contributed by atoms with van der Waals surface area (Å²) >= 11 is 3.55. The van der Waals surface area contributed by atoms with Gasteiger partial charge in [-0.3, -0.25) is 9.69 Å². The lowest BCUT2D eigenvalue weighted by Crippen LogP contribution is -2.32. The van der Waals surface area contributed by atoms with Crippen LogP contribution in [0.25, 0.3) is 6.08 Å². The standard InChI is InChI=1S/C21H21IN2O4S/c1-26-10-9-24-20(25)18(29-21(24)23-15-7-5-4-6-8-15)13-14-11-16(22)19(28-3)17(12-14)27-2/h4-8,11-13H,9-10H2,1-3H3. The molecule has 1 fully saturated rings. The number of aliphatic imine (C=N–C) groups is 1. The number of ether oxygens (including phenoxy) is 3. The smallest absolute Gasteiger partial charge is 0.266 e. The van der Waals surface area contributed by atoms with Crippen LogP contribution in [-0.4, -0.2) is 50.5 Å². The number of carbonyl (C=O) groups excluding carboxylic acids is 1. The van der Waals surface area contributed by atoms with Gasteiger partial charge in [-0.1, -0.05) is 18.2 Å². The molecule has 0 bridgehead atoms. The molecule has 0 atom stereocenters. The van der Waals surface area contributed by atoms with Crippen molar-refractivity contribution in [2.24, 2.45) is 4.99 Å². The first-order chi connectivity index (χ1) is 14.1. The number of amidine groups is 1. The van der Waals surface area contributed by atoms with E-state index in [1.165, 1.54) is 11.8 Å². The normalized spacial score (nSPS) is 16.7. The fraction of sp³-hybridized carbons (Fsp3) is 0.238. The predicted molar refractivity (Wildman–Crippen MR) is 125 cm³/mol. The number of hydrogen-bond acceptors (Lipinski definition) is 6. The van der Waals surface area contributed by atoms with E-state index in [9.17, 15) is 4.79 Å². The van der Waals surface area contributed by atoms with Crippen LogP contribution in [0, 0.1) is 3.57 Å². The first-order valence-electron chi connectivity index (χ1n) is 8.83. The highest BCUT2D eigenvalue weighted by Gasteiger charge is 2.33. The van der Waals surface area contributed by atoms with E-state index < -0.39 is 0 Å². The summed E-state index contributed by atoms with van der Waals surface area (Å²) in [6.45, 7) is 0.871. The van der Waals surface area contributed by atoms with Crippen LogP contribution in [0.2, 0.25) is 0 Å². The van der Waals surface area contributed by atoms with Crippen LogP contribution < -0.4 is 9.47 Å². The third kappa shape index (κ3) is 5.12. The van der Waals surface area contributed by atoms with Gasteiger partial charge in [0, 0.05) is 7.11 Å². The lowest BCUT2D eigenvalue weighted by molar-refractivity contribution is -0.122. The van der Waals surface area contributed by atoms with Crippen molar-refractivity contribution in [3.05, 3.63) is 56.5 Å². The molecule has 6 nitrogen and oxygen atoms in total. The molecule has 1 aliphatic heterocycles. The van der Waals surface area contributed by atoms with Gasteiger partial charge in [-0.25, -0.2) is 4.99 Å². The Kier molecular flexibility index (Phi) is 7.57. The summed E-state index contributed by atoms with van der Waals surface area (Å²) in [5.41, 5.74) is 1.66. The van der Waals surface area contributed by atoms with Crippen molar-refractivity contribution in [1.82, 2.24) is 4.90 Å². The highest BCUT2D eigenvalue weighted by Crippen LogP contribution is 2.37. The maximum atomic E-state index is 13.0. The van der Waals surface area contributed by atoms with E-state index in [4.69, 9.17) is 14.2 Å². The van der Waals surface area contributed by atoms with Gasteiger partial charge in [-0.15, -0.1) is 0 Å². The van der Waals surface area contributed by atoms with Gasteiger partial charge in [0.05, 0.1) is 41.5 Å². The van der Waals surface area contributed by atoms with Crippen LogP contribution in [0.5, 0.6) is 11.5 Å². The number of amides is 1. The summed E-state index contributed by atoms with van der Waals surface area (Å²) in [7, 11) is 4.82. The van der Waals surface area contributed by atoms with Crippen LogP contribution in [0.15, 0.2) is 52.4 Å². The van der Waals surface area contributed by atoms with Gasteiger partial charge >= 0.3 is 0 Å². The Labute approximate surface area is 188 Å². The predicted octanol–water partition coefficient (Wildman–Crippen LogP) is 4.56. The highest BCUT2D eigenvalue weighted by atomic mass is 127. The lowest BCUT2D eigenvalue weighted by atomic mass is 10.2. The van der Waals surface area contributed by atoms with Gasteiger partial charge < -0.3 is 14.2 Å². The molecule has 0 aliphatic carbocycles. The zero-order valence-electron chi connectivity index (χ0n) is 16.3. The first-order valence-corrected chi connectivity index (χ1v) is 10.7. The summed E-state index contributed by atoms with van der Waals surface area (Å²) in [6, 6.07) is 13.4. The number of halogens is 1. The van der Waals surface area contributed by atoms with Crippen LogP contribution in [0.3, 0.4) is 0 Å². The molecule has 1 amide bonds. The van der Waals surface area contributed by atoms with Gasteiger partial charge in [0.1, 0.15) is 0 Å². The van der Waals surface area contributed by atoms with Gasteiger partial charge in [-0.05, 0) is 70.3 Å². The molecular formula is C21H21IN2O4S. The van der Waals surface area contributed by atoms with Crippen molar-refractivity contribution in [3.8, 4) is 11.5 Å². The summed E-state index contributed by atoms with van der Waals surface area (Å²) in [6.07, 6.45) is 1.85. The second-order valence-electron chi connectivity index (χ2n) is 6.03. The van der Waals surface area contributed by atoms with E-state index in [0.717, 1.165) is 14.8 Å². The number of para-hydroxylation sites is 1. The average Bonchev–Trinajstić information content (AvgIpc) is 3.00. The maximum absolute atomic E-state index is 13.0. The molecule has 0 N–H and O–H groups in total. The quantitative estimate of drug-likeness (QED) is 0.393. The molecule has 0 aromatic heterocycles. The molecule has 0 spiro atoms. The molecule has 2 aromatic rings. The molecule has 3 rings (SSSR count). The number of rotatable bonds is 7. The summed E-state index contributed by atoms with van der Waals surface area (Å²) < 4.78 is 16.9. The number of nitrogens with zero attached hydrogens (tertiary/aromatic N) is 2. The largest absolute Gasteiger partial charge is 0.493 e. The number of hydrogen-bond donors (Lipinski definition) is 0. The number of methoxy groups -OCH3 is 3. The molecule has 1 saturated heterocycles. The van der Waals surface area contributed by atoms with Crippen LogP contribution in [-0.2, 0) is 9.53 Å². The summed E-state index contributed by atoms with van der Waals surface area (Å²) in [5.74, 6) is 1.20. The Bertz CT molecular complexity index is 947. The molecule has 0 unspecified atom stereocenters. The van der Waals surface area contributed by atoms with Crippen LogP contribution in [0.1, 0.15) is 5.56 Å². The van der Waals surface area contributed by atoms with E-state index in [1.807, 2.05) is 48.5 Å². The Morgan fingerprint density at radius 1 is 1.14 bits per heavy atom. The second-order valence-corrected chi connectivity index (χ2v) is 8.20. The number of benzene rings is 2. The topological polar surface area (TPSA) is 60.4 Å². The minimum atomic E-state index is -0.0912. The Hall–Kier alpha value is -2.04. The van der Waals surface area contributed by atoms with Crippen LogP contribution in [0.4, 0.5) is 5.69 Å². The van der Waals surface area contributed by atoms with Crippen molar-refractivity contribution in [3.63, 3.8) is 0 Å². The zero-order chi connectivity index (χ0) is 20.8. The molecule has 0 radical (unpaired) electrons. The fourth-order valence-electron chi connectivity index (χ4n) is 2.76. The number of thioether (sulfide) groups is 1. The molecule has 1 aliphatic rings. The maximum Gasteiger partial charge on any atom is 0.266 e. The molecule has 8 heteroatoms. The molecule has 2 aromatic carbocycles. The minimum absolute atomic E-state index is 0.0912. The van der Waals surface area contributed by atoms with Crippen molar-refractivity contribution in [2.45, 2.75) is 0 Å². The summed E-state index contributed by atoms with van der Waals surface area (Å²) in [5, 5.41) is 0.639. The second kappa shape index (κ2) is 10.1. The van der Waals surface area contributed by atoms with E-state index in [-0.39, 0.29) is 5.91 Å². The van der Waals surface area contributed by atoms with E-state index >= 15 is 0 Å². The highest BCUT2D eigenvalue weighted by molar-refractivity contribution is 14.1. The lowest BCUT2D eigenvalue weighted by Gasteiger charge is -2.14. The number of carbonyl (C=O) groups is 1. The summed E-state index contributed by atoms with van der Waals surface area (Å²) in [4.78, 5) is 19.9. The fourth-order valence-corrected chi connectivity index (χ4v) is 4.63. The van der Waals surface area contributed by atoms with Gasteiger partial charge in [-0.2, -0.15) is 0 Å². The Balaban J connectivity index is 1.96. The Morgan fingerprint density at radius 3 is 2.55 bits per heavy atom. The van der Waals surface area contributed by atoms with Crippen molar-refractivity contribution >= 4 is 57.2 Å². The molecule has 29 heavy (non-hydrogen) atoms.